The monoisotopic (exact) mass is 425 g/mol. The fourth-order valence-electron chi connectivity index (χ4n) is 2.64. The number of nitrogens with one attached hydrogen (secondary N) is 1. The topological polar surface area (TPSA) is 138 Å². The Balaban J connectivity index is 1.62. The molecule has 2 aromatic carbocycles. The van der Waals surface area contributed by atoms with E-state index in [0.29, 0.717) is 6.54 Å². The first-order chi connectivity index (χ1) is 14.9. The summed E-state index contributed by atoms with van der Waals surface area (Å²) in [5, 5.41) is 21.3. The predicted octanol–water partition coefficient (Wildman–Crippen LogP) is 2.43. The van der Waals surface area contributed by atoms with Crippen LogP contribution in [0.2, 0.25) is 0 Å². The van der Waals surface area contributed by atoms with Crippen LogP contribution in [0.15, 0.2) is 54.7 Å². The van der Waals surface area contributed by atoms with Crippen LogP contribution in [0.25, 0.3) is 0 Å². The number of benzene rings is 2. The maximum atomic E-state index is 12.4. The summed E-state index contributed by atoms with van der Waals surface area (Å²) >= 11 is 0. The van der Waals surface area contributed by atoms with Gasteiger partial charge in [-0.05, 0) is 24.6 Å². The van der Waals surface area contributed by atoms with Crippen molar-refractivity contribution in [1.29, 1.82) is 0 Å². The SMILES string of the molecule is COc1ccc(NC(=O)C(C)OC(=O)c2cn(Cc3ccccc3)nn2)c([N+](=O)[O-])c1. The molecule has 1 unspecified atom stereocenters. The summed E-state index contributed by atoms with van der Waals surface area (Å²) in [5.74, 6) is -1.31. The number of hydrogen-bond donors (Lipinski definition) is 1. The molecular formula is C20H19N5O6. The third-order valence-electron chi connectivity index (χ3n) is 4.25. The van der Waals surface area contributed by atoms with Gasteiger partial charge in [0.15, 0.2) is 11.8 Å². The van der Waals surface area contributed by atoms with E-state index >= 15 is 0 Å². The molecule has 0 bridgehead atoms. The fourth-order valence-corrected chi connectivity index (χ4v) is 2.64. The van der Waals surface area contributed by atoms with Crippen molar-refractivity contribution in [2.75, 3.05) is 12.4 Å². The number of anilines is 1. The molecule has 0 spiro atoms. The molecule has 0 aliphatic heterocycles. The van der Waals surface area contributed by atoms with Crippen molar-refractivity contribution in [3.63, 3.8) is 0 Å². The van der Waals surface area contributed by atoms with E-state index in [9.17, 15) is 19.7 Å². The van der Waals surface area contributed by atoms with Crippen LogP contribution in [0.4, 0.5) is 11.4 Å². The van der Waals surface area contributed by atoms with Gasteiger partial charge >= 0.3 is 5.97 Å². The number of nitro groups is 1. The lowest BCUT2D eigenvalue weighted by Gasteiger charge is -2.13. The van der Waals surface area contributed by atoms with Gasteiger partial charge in [-0.25, -0.2) is 9.48 Å². The van der Waals surface area contributed by atoms with Crippen molar-refractivity contribution in [2.45, 2.75) is 19.6 Å². The van der Waals surface area contributed by atoms with E-state index in [2.05, 4.69) is 15.6 Å². The Kier molecular flexibility index (Phi) is 6.55. The molecule has 0 aliphatic rings. The molecule has 3 aromatic rings. The maximum Gasteiger partial charge on any atom is 0.361 e. The molecule has 0 fully saturated rings. The van der Waals surface area contributed by atoms with Crippen LogP contribution in [0.3, 0.4) is 0 Å². The molecule has 0 aliphatic carbocycles. The molecule has 1 heterocycles. The van der Waals surface area contributed by atoms with E-state index in [1.54, 1.807) is 0 Å². The Morgan fingerprint density at radius 3 is 2.65 bits per heavy atom. The summed E-state index contributed by atoms with van der Waals surface area (Å²) in [7, 11) is 1.37. The Bertz CT molecular complexity index is 1100. The molecule has 3 rings (SSSR count). The van der Waals surface area contributed by atoms with Crippen LogP contribution in [0.5, 0.6) is 5.75 Å². The van der Waals surface area contributed by atoms with Crippen LogP contribution in [-0.2, 0) is 16.1 Å². The number of rotatable bonds is 8. The highest BCUT2D eigenvalue weighted by Gasteiger charge is 2.24. The second-order valence-corrected chi connectivity index (χ2v) is 6.46. The van der Waals surface area contributed by atoms with Gasteiger partial charge in [-0.3, -0.25) is 14.9 Å². The van der Waals surface area contributed by atoms with Gasteiger partial charge in [-0.2, -0.15) is 0 Å². The van der Waals surface area contributed by atoms with Gasteiger partial charge in [-0.1, -0.05) is 35.5 Å². The summed E-state index contributed by atoms with van der Waals surface area (Å²) in [4.78, 5) is 35.2. The third-order valence-corrected chi connectivity index (χ3v) is 4.25. The van der Waals surface area contributed by atoms with Crippen LogP contribution in [-0.4, -0.2) is 45.0 Å². The number of ether oxygens (including phenoxy) is 2. The van der Waals surface area contributed by atoms with Crippen LogP contribution in [0.1, 0.15) is 23.0 Å². The highest BCUT2D eigenvalue weighted by molar-refractivity contribution is 5.98. The number of amides is 1. The molecule has 31 heavy (non-hydrogen) atoms. The molecule has 0 saturated heterocycles. The zero-order valence-electron chi connectivity index (χ0n) is 16.7. The van der Waals surface area contributed by atoms with Crippen molar-refractivity contribution in [3.8, 4) is 5.75 Å². The lowest BCUT2D eigenvalue weighted by Crippen LogP contribution is -2.30. The van der Waals surface area contributed by atoms with Gasteiger partial charge in [0.25, 0.3) is 11.6 Å². The van der Waals surface area contributed by atoms with E-state index in [-0.39, 0.29) is 22.8 Å². The van der Waals surface area contributed by atoms with Crippen molar-refractivity contribution in [1.82, 2.24) is 15.0 Å². The van der Waals surface area contributed by atoms with Gasteiger partial charge in [0.2, 0.25) is 0 Å². The molecule has 0 radical (unpaired) electrons. The Morgan fingerprint density at radius 1 is 1.23 bits per heavy atom. The smallest absolute Gasteiger partial charge is 0.361 e. The number of carbonyl (C=O) groups is 2. The molecule has 11 heteroatoms. The first-order valence-electron chi connectivity index (χ1n) is 9.15. The van der Waals surface area contributed by atoms with E-state index in [1.165, 1.54) is 43.1 Å². The highest BCUT2D eigenvalue weighted by atomic mass is 16.6. The summed E-state index contributed by atoms with van der Waals surface area (Å²) in [6, 6.07) is 13.4. The normalized spacial score (nSPS) is 11.4. The van der Waals surface area contributed by atoms with Crippen molar-refractivity contribution >= 4 is 23.3 Å². The van der Waals surface area contributed by atoms with Crippen LogP contribution in [0, 0.1) is 10.1 Å². The zero-order chi connectivity index (χ0) is 22.4. The summed E-state index contributed by atoms with van der Waals surface area (Å²) < 4.78 is 11.5. The molecule has 1 amide bonds. The molecule has 0 saturated carbocycles. The van der Waals surface area contributed by atoms with Gasteiger partial charge < -0.3 is 14.8 Å². The zero-order valence-corrected chi connectivity index (χ0v) is 16.7. The number of methoxy groups -OCH3 is 1. The van der Waals surface area contributed by atoms with Gasteiger partial charge in [0, 0.05) is 0 Å². The minimum Gasteiger partial charge on any atom is -0.496 e. The minimum atomic E-state index is -1.23. The quantitative estimate of drug-likeness (QED) is 0.330. The largest absolute Gasteiger partial charge is 0.496 e. The Hall–Kier alpha value is -4.28. The third kappa shape index (κ3) is 5.41. The number of nitrogens with zero attached hydrogens (tertiary/aromatic N) is 4. The van der Waals surface area contributed by atoms with Crippen molar-refractivity contribution in [2.24, 2.45) is 0 Å². The van der Waals surface area contributed by atoms with E-state index in [4.69, 9.17) is 9.47 Å². The Labute approximate surface area is 176 Å². The molecule has 1 aromatic heterocycles. The molecule has 1 atom stereocenters. The first kappa shape index (κ1) is 21.4. The molecule has 11 nitrogen and oxygen atoms in total. The van der Waals surface area contributed by atoms with E-state index in [0.717, 1.165) is 5.56 Å². The molecule has 1 N–H and O–H groups in total. The number of carbonyl (C=O) groups excluding carboxylic acids is 2. The van der Waals surface area contributed by atoms with E-state index < -0.39 is 22.9 Å². The van der Waals surface area contributed by atoms with Crippen LogP contribution >= 0.6 is 0 Å². The van der Waals surface area contributed by atoms with Gasteiger partial charge in [-0.15, -0.1) is 5.10 Å². The summed E-state index contributed by atoms with van der Waals surface area (Å²) in [6.07, 6.45) is 0.183. The van der Waals surface area contributed by atoms with Gasteiger partial charge in [0.1, 0.15) is 11.4 Å². The maximum absolute atomic E-state index is 12.4. The minimum absolute atomic E-state index is 0.0486. The number of nitro benzene ring substituents is 1. The predicted molar refractivity (Wildman–Crippen MR) is 109 cm³/mol. The standard InChI is InChI=1S/C20H19N5O6/c1-13(19(26)21-16-9-8-15(30-2)10-18(16)25(28)29)31-20(27)17-12-24(23-22-17)11-14-6-4-3-5-7-14/h3-10,12-13H,11H2,1-2H3,(H,21,26). The lowest BCUT2D eigenvalue weighted by atomic mass is 10.2. The highest BCUT2D eigenvalue weighted by Crippen LogP contribution is 2.29. The van der Waals surface area contributed by atoms with Gasteiger partial charge in [0.05, 0.1) is 30.8 Å². The first-order valence-corrected chi connectivity index (χ1v) is 9.15. The van der Waals surface area contributed by atoms with E-state index in [1.807, 2.05) is 30.3 Å². The summed E-state index contributed by atoms with van der Waals surface area (Å²) in [5.41, 5.74) is 0.509. The molecule has 160 valence electrons. The number of aromatic nitrogens is 3. The number of esters is 1. The Morgan fingerprint density at radius 2 is 1.97 bits per heavy atom. The van der Waals surface area contributed by atoms with Crippen molar-refractivity contribution < 1.29 is 24.0 Å². The molecular weight excluding hydrogens is 406 g/mol. The second kappa shape index (κ2) is 9.48. The van der Waals surface area contributed by atoms with Crippen molar-refractivity contribution in [3.05, 3.63) is 76.1 Å². The lowest BCUT2D eigenvalue weighted by molar-refractivity contribution is -0.384. The van der Waals surface area contributed by atoms with Crippen LogP contribution < -0.4 is 10.1 Å². The number of hydrogen-bond acceptors (Lipinski definition) is 8. The second-order valence-electron chi connectivity index (χ2n) is 6.46. The average Bonchev–Trinajstić information content (AvgIpc) is 3.23. The summed E-state index contributed by atoms with van der Waals surface area (Å²) in [6.45, 7) is 1.76. The average molecular weight is 425 g/mol. The fraction of sp³-hybridized carbons (Fsp3) is 0.200.